The number of nitrogens with one attached hydrogen (secondary N) is 1. The molecule has 6 nitrogen and oxygen atoms in total. The molecule has 0 aromatic heterocycles. The molecule has 1 heterocycles. The zero-order valence-electron chi connectivity index (χ0n) is 18.3. The zero-order valence-corrected chi connectivity index (χ0v) is 19.1. The fourth-order valence-electron chi connectivity index (χ4n) is 4.12. The molecule has 31 heavy (non-hydrogen) atoms. The molecule has 1 N–H and O–H groups in total. The van der Waals surface area contributed by atoms with Gasteiger partial charge in [0.15, 0.2) is 0 Å². The van der Waals surface area contributed by atoms with Crippen LogP contribution in [0.2, 0.25) is 0 Å². The highest BCUT2D eigenvalue weighted by Gasteiger charge is 2.40. The molecule has 2 aromatic carbocycles. The Balaban J connectivity index is 1.90. The Bertz CT molecular complexity index is 1040. The van der Waals surface area contributed by atoms with E-state index in [4.69, 9.17) is 4.74 Å². The van der Waals surface area contributed by atoms with E-state index in [9.17, 15) is 17.6 Å². The van der Waals surface area contributed by atoms with Gasteiger partial charge in [0, 0.05) is 12.0 Å². The van der Waals surface area contributed by atoms with Crippen LogP contribution in [0.1, 0.15) is 51.6 Å². The highest BCUT2D eigenvalue weighted by molar-refractivity contribution is 7.92. The van der Waals surface area contributed by atoms with Crippen molar-refractivity contribution < 1.29 is 22.3 Å². The third kappa shape index (κ3) is 4.84. The molecule has 0 saturated carbocycles. The van der Waals surface area contributed by atoms with E-state index in [1.807, 2.05) is 24.3 Å². The van der Waals surface area contributed by atoms with Gasteiger partial charge in [0.05, 0.1) is 18.0 Å². The van der Waals surface area contributed by atoms with Crippen LogP contribution in [-0.4, -0.2) is 32.2 Å². The van der Waals surface area contributed by atoms with Crippen molar-refractivity contribution in [1.82, 2.24) is 5.32 Å². The van der Waals surface area contributed by atoms with Crippen molar-refractivity contribution >= 4 is 21.6 Å². The number of amides is 1. The molecule has 1 amide bonds. The molecule has 0 saturated heterocycles. The fourth-order valence-corrected chi connectivity index (χ4v) is 5.29. The van der Waals surface area contributed by atoms with Gasteiger partial charge >= 0.3 is 0 Å². The van der Waals surface area contributed by atoms with Crippen LogP contribution in [0.3, 0.4) is 0 Å². The minimum absolute atomic E-state index is 0.232. The quantitative estimate of drug-likeness (QED) is 0.690. The number of para-hydroxylation sites is 1. The second-order valence-corrected chi connectivity index (χ2v) is 9.87. The Labute approximate surface area is 183 Å². The molecule has 0 unspecified atom stereocenters. The lowest BCUT2D eigenvalue weighted by Gasteiger charge is -2.42. The normalized spacial score (nSPS) is 18.4. The summed E-state index contributed by atoms with van der Waals surface area (Å²) < 4.78 is 45.6. The molecule has 3 rings (SSSR count). The predicted octanol–water partition coefficient (Wildman–Crippen LogP) is 4.18. The van der Waals surface area contributed by atoms with Gasteiger partial charge in [-0.2, -0.15) is 0 Å². The summed E-state index contributed by atoms with van der Waals surface area (Å²) in [7, 11) is -3.78. The van der Waals surface area contributed by atoms with Gasteiger partial charge in [-0.25, -0.2) is 12.8 Å². The molecular formula is C23H29FN2O4S. The van der Waals surface area contributed by atoms with Crippen LogP contribution in [0.25, 0.3) is 0 Å². The van der Waals surface area contributed by atoms with Gasteiger partial charge in [0.2, 0.25) is 15.9 Å². The SMILES string of the molecule is CCC1(CC)C[C@H](NC(=O)[C@H](C)N(c2ccc(F)cc2)S(C)(=O)=O)c2ccccc2O1. The van der Waals surface area contributed by atoms with Crippen LogP contribution in [0, 0.1) is 5.82 Å². The van der Waals surface area contributed by atoms with E-state index in [-0.39, 0.29) is 11.7 Å². The molecule has 0 radical (unpaired) electrons. The Morgan fingerprint density at radius 2 is 1.81 bits per heavy atom. The van der Waals surface area contributed by atoms with E-state index in [1.54, 1.807) is 0 Å². The van der Waals surface area contributed by atoms with Crippen molar-refractivity contribution in [3.8, 4) is 5.75 Å². The summed E-state index contributed by atoms with van der Waals surface area (Å²) >= 11 is 0. The summed E-state index contributed by atoms with van der Waals surface area (Å²) in [6.07, 6.45) is 3.18. The summed E-state index contributed by atoms with van der Waals surface area (Å²) in [5, 5.41) is 3.03. The van der Waals surface area contributed by atoms with Crippen molar-refractivity contribution in [2.24, 2.45) is 0 Å². The lowest BCUT2D eigenvalue weighted by Crippen LogP contribution is -2.51. The van der Waals surface area contributed by atoms with Gasteiger partial charge < -0.3 is 10.1 Å². The van der Waals surface area contributed by atoms with Crippen molar-refractivity contribution in [1.29, 1.82) is 0 Å². The maximum absolute atomic E-state index is 13.3. The van der Waals surface area contributed by atoms with E-state index < -0.39 is 33.4 Å². The standard InChI is InChI=1S/C23H29FN2O4S/c1-5-23(6-2)15-20(19-9-7-8-10-21(19)30-23)25-22(27)16(3)26(31(4,28)29)18-13-11-17(24)12-14-18/h7-14,16,20H,5-6,15H2,1-4H3,(H,25,27)/t16-,20-/m0/s1. The maximum atomic E-state index is 13.3. The number of carbonyl (C=O) groups excluding carboxylic acids is 1. The van der Waals surface area contributed by atoms with Crippen LogP contribution >= 0.6 is 0 Å². The van der Waals surface area contributed by atoms with Gasteiger partial charge in [0.1, 0.15) is 23.2 Å². The average Bonchev–Trinajstić information content (AvgIpc) is 2.74. The monoisotopic (exact) mass is 448 g/mol. The average molecular weight is 449 g/mol. The fraction of sp³-hybridized carbons (Fsp3) is 0.435. The molecule has 0 aliphatic carbocycles. The van der Waals surface area contributed by atoms with Crippen LogP contribution in [-0.2, 0) is 14.8 Å². The van der Waals surface area contributed by atoms with E-state index >= 15 is 0 Å². The number of benzene rings is 2. The summed E-state index contributed by atoms with van der Waals surface area (Å²) in [6.45, 7) is 5.63. The molecule has 2 aromatic rings. The first kappa shape index (κ1) is 23.1. The van der Waals surface area contributed by atoms with E-state index in [1.165, 1.54) is 31.2 Å². The number of rotatable bonds is 7. The van der Waals surface area contributed by atoms with Crippen molar-refractivity contribution in [2.45, 2.75) is 57.7 Å². The van der Waals surface area contributed by atoms with Gasteiger partial charge in [-0.05, 0) is 50.1 Å². The second-order valence-electron chi connectivity index (χ2n) is 8.01. The maximum Gasteiger partial charge on any atom is 0.244 e. The molecule has 8 heteroatoms. The molecule has 168 valence electrons. The summed E-state index contributed by atoms with van der Waals surface area (Å²) in [4.78, 5) is 13.2. The Morgan fingerprint density at radius 3 is 2.39 bits per heavy atom. The van der Waals surface area contributed by atoms with Crippen molar-refractivity contribution in [2.75, 3.05) is 10.6 Å². The third-order valence-corrected chi connectivity index (χ3v) is 7.21. The van der Waals surface area contributed by atoms with Gasteiger partial charge in [-0.1, -0.05) is 32.0 Å². The lowest BCUT2D eigenvalue weighted by molar-refractivity contribution is -0.123. The number of hydrogen-bond acceptors (Lipinski definition) is 4. The van der Waals surface area contributed by atoms with E-state index in [0.29, 0.717) is 6.42 Å². The molecular weight excluding hydrogens is 419 g/mol. The predicted molar refractivity (Wildman–Crippen MR) is 119 cm³/mol. The number of sulfonamides is 1. The highest BCUT2D eigenvalue weighted by atomic mass is 32.2. The largest absolute Gasteiger partial charge is 0.487 e. The first-order valence-corrected chi connectivity index (χ1v) is 12.3. The number of anilines is 1. The number of hydrogen-bond donors (Lipinski definition) is 1. The zero-order chi connectivity index (χ0) is 22.8. The number of carbonyl (C=O) groups is 1. The van der Waals surface area contributed by atoms with Crippen molar-refractivity contribution in [3.05, 3.63) is 59.9 Å². The second kappa shape index (κ2) is 8.86. The minimum Gasteiger partial charge on any atom is -0.487 e. The molecule has 0 spiro atoms. The number of fused-ring (bicyclic) bond motifs is 1. The van der Waals surface area contributed by atoms with Gasteiger partial charge in [-0.15, -0.1) is 0 Å². The Morgan fingerprint density at radius 1 is 1.19 bits per heavy atom. The molecule has 0 fully saturated rings. The van der Waals surface area contributed by atoms with Crippen LogP contribution < -0.4 is 14.4 Å². The van der Waals surface area contributed by atoms with Crippen molar-refractivity contribution in [3.63, 3.8) is 0 Å². The first-order chi connectivity index (χ1) is 14.6. The van der Waals surface area contributed by atoms with Gasteiger partial charge in [0.25, 0.3) is 0 Å². The number of halogens is 1. The Kier molecular flexibility index (Phi) is 6.59. The topological polar surface area (TPSA) is 75.7 Å². The molecule has 0 bridgehead atoms. The van der Waals surface area contributed by atoms with Crippen LogP contribution in [0.15, 0.2) is 48.5 Å². The highest BCUT2D eigenvalue weighted by Crippen LogP contribution is 2.42. The van der Waals surface area contributed by atoms with Gasteiger partial charge in [-0.3, -0.25) is 9.10 Å². The van der Waals surface area contributed by atoms with E-state index in [2.05, 4.69) is 19.2 Å². The molecule has 1 aliphatic rings. The molecule has 1 aliphatic heterocycles. The van der Waals surface area contributed by atoms with Crippen LogP contribution in [0.4, 0.5) is 10.1 Å². The summed E-state index contributed by atoms with van der Waals surface area (Å²) in [5.74, 6) is -0.185. The van der Waals surface area contributed by atoms with E-state index in [0.717, 1.165) is 34.7 Å². The number of ether oxygens (including phenoxy) is 1. The lowest BCUT2D eigenvalue weighted by atomic mass is 9.83. The van der Waals surface area contributed by atoms with Crippen LogP contribution in [0.5, 0.6) is 5.75 Å². The molecule has 2 atom stereocenters. The minimum atomic E-state index is -3.78. The Hall–Kier alpha value is -2.61. The summed E-state index contributed by atoms with van der Waals surface area (Å²) in [6, 6.07) is 11.3. The third-order valence-electron chi connectivity index (χ3n) is 5.97. The number of nitrogens with zero attached hydrogens (tertiary/aromatic N) is 1. The first-order valence-electron chi connectivity index (χ1n) is 10.4. The summed E-state index contributed by atoms with van der Waals surface area (Å²) in [5.41, 5.74) is 0.701. The smallest absolute Gasteiger partial charge is 0.244 e.